The Kier molecular flexibility index (Phi) is 3.29. The number of hydrogen-bond acceptors (Lipinski definition) is 3. The Labute approximate surface area is 143 Å². The molecule has 0 saturated heterocycles. The number of nitrogens with zero attached hydrogens (tertiary/aromatic N) is 1. The van der Waals surface area contributed by atoms with Crippen molar-refractivity contribution in [1.29, 1.82) is 0 Å². The summed E-state index contributed by atoms with van der Waals surface area (Å²) in [5, 5.41) is 0.921. The van der Waals surface area contributed by atoms with Crippen LogP contribution in [0.2, 0.25) is 0 Å². The van der Waals surface area contributed by atoms with Gasteiger partial charge in [0, 0.05) is 10.9 Å². The Bertz CT molecular complexity index is 1010. The molecular formula is C20H16FNO3. The summed E-state index contributed by atoms with van der Waals surface area (Å²) in [4.78, 5) is 25.7. The monoisotopic (exact) mass is 337 g/mol. The fraction of sp³-hybridized carbons (Fsp3) is 0.200. The Morgan fingerprint density at radius 1 is 1.16 bits per heavy atom. The van der Waals surface area contributed by atoms with Gasteiger partial charge in [0.15, 0.2) is 11.2 Å². The summed E-state index contributed by atoms with van der Waals surface area (Å²) in [6, 6.07) is 14.7. The summed E-state index contributed by atoms with van der Waals surface area (Å²) in [6.45, 7) is 1.59. The fourth-order valence-corrected chi connectivity index (χ4v) is 3.82. The maximum Gasteiger partial charge on any atom is 0.322 e. The van der Waals surface area contributed by atoms with Gasteiger partial charge in [0.1, 0.15) is 5.82 Å². The van der Waals surface area contributed by atoms with Gasteiger partial charge in [-0.1, -0.05) is 30.3 Å². The SMILES string of the molecule is COC(=O)[C@@]1(C)C(=O)c2cc3ccccc3n2[C@@H]1c1ccc(F)cc1. The number of hydrogen-bond donors (Lipinski definition) is 0. The van der Waals surface area contributed by atoms with E-state index in [4.69, 9.17) is 4.74 Å². The molecule has 126 valence electrons. The van der Waals surface area contributed by atoms with Crippen LogP contribution in [0.25, 0.3) is 10.9 Å². The zero-order chi connectivity index (χ0) is 17.8. The smallest absolute Gasteiger partial charge is 0.322 e. The predicted octanol–water partition coefficient (Wildman–Crippen LogP) is 3.75. The van der Waals surface area contributed by atoms with Crippen molar-refractivity contribution in [2.75, 3.05) is 7.11 Å². The highest BCUT2D eigenvalue weighted by Gasteiger charge is 2.57. The first-order valence-electron chi connectivity index (χ1n) is 7.97. The van der Waals surface area contributed by atoms with E-state index in [1.54, 1.807) is 25.1 Å². The Balaban J connectivity index is 2.04. The quantitative estimate of drug-likeness (QED) is 0.529. The number of carbonyl (C=O) groups is 2. The number of fused-ring (bicyclic) bond motifs is 3. The molecule has 1 aromatic heterocycles. The van der Waals surface area contributed by atoms with Gasteiger partial charge >= 0.3 is 5.97 Å². The molecule has 2 heterocycles. The molecule has 2 atom stereocenters. The number of benzene rings is 2. The minimum atomic E-state index is -1.40. The van der Waals surface area contributed by atoms with Crippen LogP contribution in [-0.2, 0) is 9.53 Å². The largest absolute Gasteiger partial charge is 0.468 e. The first-order chi connectivity index (χ1) is 12.0. The van der Waals surface area contributed by atoms with E-state index in [9.17, 15) is 14.0 Å². The van der Waals surface area contributed by atoms with Crippen molar-refractivity contribution in [2.45, 2.75) is 13.0 Å². The highest BCUT2D eigenvalue weighted by Crippen LogP contribution is 2.49. The Morgan fingerprint density at radius 2 is 1.84 bits per heavy atom. The van der Waals surface area contributed by atoms with E-state index in [0.717, 1.165) is 10.9 Å². The van der Waals surface area contributed by atoms with Crippen LogP contribution in [0.5, 0.6) is 0 Å². The Hall–Kier alpha value is -2.95. The number of halogens is 1. The highest BCUT2D eigenvalue weighted by molar-refractivity contribution is 6.16. The highest BCUT2D eigenvalue weighted by atomic mass is 19.1. The lowest BCUT2D eigenvalue weighted by molar-refractivity contribution is -0.149. The van der Waals surface area contributed by atoms with Crippen molar-refractivity contribution in [3.05, 3.63) is 71.7 Å². The van der Waals surface area contributed by atoms with Crippen molar-refractivity contribution in [3.8, 4) is 0 Å². The van der Waals surface area contributed by atoms with Crippen molar-refractivity contribution in [3.63, 3.8) is 0 Å². The minimum Gasteiger partial charge on any atom is -0.468 e. The number of rotatable bonds is 2. The third-order valence-corrected chi connectivity index (χ3v) is 5.05. The average Bonchev–Trinajstić information content (AvgIpc) is 3.10. The molecule has 0 N–H and O–H groups in total. The van der Waals surface area contributed by atoms with Crippen LogP contribution in [0.4, 0.5) is 4.39 Å². The number of methoxy groups -OCH3 is 1. The van der Waals surface area contributed by atoms with E-state index in [0.29, 0.717) is 11.3 Å². The molecule has 5 heteroatoms. The van der Waals surface area contributed by atoms with Gasteiger partial charge in [0.2, 0.25) is 0 Å². The predicted molar refractivity (Wildman–Crippen MR) is 90.9 cm³/mol. The standard InChI is InChI=1S/C20H16FNO3/c1-20(19(24)25-2)17(12-7-9-14(21)10-8-12)22-15-6-4-3-5-13(15)11-16(22)18(20)23/h3-11,17H,1-2H3/t17-,20-/m1/s1. The van der Waals surface area contributed by atoms with Gasteiger partial charge in [0.05, 0.1) is 18.8 Å². The molecular weight excluding hydrogens is 321 g/mol. The molecule has 0 amide bonds. The number of para-hydroxylation sites is 1. The second kappa shape index (κ2) is 5.28. The third kappa shape index (κ3) is 1.98. The van der Waals surface area contributed by atoms with Gasteiger partial charge in [-0.25, -0.2) is 4.39 Å². The molecule has 0 unspecified atom stereocenters. The number of aromatic nitrogens is 1. The molecule has 0 saturated carbocycles. The lowest BCUT2D eigenvalue weighted by Gasteiger charge is -2.29. The molecule has 4 rings (SSSR count). The zero-order valence-corrected chi connectivity index (χ0v) is 13.8. The van der Waals surface area contributed by atoms with Gasteiger partial charge in [-0.3, -0.25) is 9.59 Å². The Morgan fingerprint density at radius 3 is 2.52 bits per heavy atom. The zero-order valence-electron chi connectivity index (χ0n) is 13.8. The number of Topliss-reactive ketones (excluding diaryl/α,β-unsaturated/α-hetero) is 1. The number of ether oxygens (including phenoxy) is 1. The molecule has 1 aliphatic rings. The summed E-state index contributed by atoms with van der Waals surface area (Å²) >= 11 is 0. The number of esters is 1. The molecule has 0 bridgehead atoms. The fourth-order valence-electron chi connectivity index (χ4n) is 3.82. The van der Waals surface area contributed by atoms with Gasteiger partial charge < -0.3 is 9.30 Å². The molecule has 3 aromatic rings. The van der Waals surface area contributed by atoms with Crippen molar-refractivity contribution in [2.24, 2.45) is 5.41 Å². The second-order valence-corrected chi connectivity index (χ2v) is 6.44. The first kappa shape index (κ1) is 15.6. The minimum absolute atomic E-state index is 0.287. The topological polar surface area (TPSA) is 48.3 Å². The second-order valence-electron chi connectivity index (χ2n) is 6.44. The number of ketones is 1. The van der Waals surface area contributed by atoms with Gasteiger partial charge in [-0.05, 0) is 36.8 Å². The first-order valence-corrected chi connectivity index (χ1v) is 7.97. The maximum atomic E-state index is 13.4. The van der Waals surface area contributed by atoms with Gasteiger partial charge in [-0.15, -0.1) is 0 Å². The third-order valence-electron chi connectivity index (χ3n) is 5.05. The van der Waals surface area contributed by atoms with Crippen LogP contribution in [0, 0.1) is 11.2 Å². The van der Waals surface area contributed by atoms with Crippen molar-refractivity contribution < 1.29 is 18.7 Å². The van der Waals surface area contributed by atoms with Crippen LogP contribution in [0.15, 0.2) is 54.6 Å². The molecule has 0 spiro atoms. The molecule has 4 nitrogen and oxygen atoms in total. The van der Waals surface area contributed by atoms with Crippen molar-refractivity contribution in [1.82, 2.24) is 4.57 Å². The van der Waals surface area contributed by atoms with Gasteiger partial charge in [-0.2, -0.15) is 0 Å². The lowest BCUT2D eigenvalue weighted by atomic mass is 9.77. The summed E-state index contributed by atoms with van der Waals surface area (Å²) in [5.74, 6) is -1.25. The molecule has 0 aliphatic carbocycles. The number of carbonyl (C=O) groups excluding carboxylic acids is 2. The van der Waals surface area contributed by atoms with Crippen LogP contribution in [0.1, 0.15) is 29.0 Å². The van der Waals surface area contributed by atoms with Crippen LogP contribution in [-0.4, -0.2) is 23.4 Å². The lowest BCUT2D eigenvalue weighted by Crippen LogP contribution is -2.39. The van der Waals surface area contributed by atoms with E-state index >= 15 is 0 Å². The maximum absolute atomic E-state index is 13.4. The normalized spacial score (nSPS) is 22.2. The molecule has 0 radical (unpaired) electrons. The molecule has 25 heavy (non-hydrogen) atoms. The van der Waals surface area contributed by atoms with E-state index < -0.39 is 17.4 Å². The van der Waals surface area contributed by atoms with Crippen LogP contribution < -0.4 is 0 Å². The van der Waals surface area contributed by atoms with E-state index in [1.807, 2.05) is 28.8 Å². The van der Waals surface area contributed by atoms with Gasteiger partial charge in [0.25, 0.3) is 0 Å². The van der Waals surface area contributed by atoms with E-state index in [2.05, 4.69) is 0 Å². The molecule has 2 aromatic carbocycles. The molecule has 0 fully saturated rings. The summed E-state index contributed by atoms with van der Waals surface area (Å²) in [7, 11) is 1.27. The summed E-state index contributed by atoms with van der Waals surface area (Å²) < 4.78 is 20.2. The van der Waals surface area contributed by atoms with Crippen LogP contribution in [0.3, 0.4) is 0 Å². The summed E-state index contributed by atoms with van der Waals surface area (Å²) in [5.41, 5.74) is 0.602. The molecule has 1 aliphatic heterocycles. The average molecular weight is 337 g/mol. The van der Waals surface area contributed by atoms with Crippen LogP contribution >= 0.6 is 0 Å². The van der Waals surface area contributed by atoms with E-state index in [1.165, 1.54) is 19.2 Å². The van der Waals surface area contributed by atoms with Crippen molar-refractivity contribution >= 4 is 22.7 Å². The summed E-state index contributed by atoms with van der Waals surface area (Å²) in [6.07, 6.45) is 0. The van der Waals surface area contributed by atoms with E-state index in [-0.39, 0.29) is 11.6 Å².